The normalized spacial score (nSPS) is 10.1. The molecule has 2 rings (SSSR count). The van der Waals surface area contributed by atoms with Crippen LogP contribution in [-0.2, 0) is 4.74 Å². The van der Waals surface area contributed by atoms with Gasteiger partial charge < -0.3 is 23.7 Å². The Bertz CT molecular complexity index is 712. The second-order valence-corrected chi connectivity index (χ2v) is 5.54. The van der Waals surface area contributed by atoms with Gasteiger partial charge in [-0.2, -0.15) is 0 Å². The highest BCUT2D eigenvalue weighted by molar-refractivity contribution is 5.61. The van der Waals surface area contributed by atoms with E-state index < -0.39 is 0 Å². The van der Waals surface area contributed by atoms with Crippen LogP contribution in [-0.4, -0.2) is 40.6 Å². The first-order valence-electron chi connectivity index (χ1n) is 8.66. The summed E-state index contributed by atoms with van der Waals surface area (Å²) in [5, 5.41) is 0. The lowest BCUT2D eigenvalue weighted by atomic mass is 10.2. The van der Waals surface area contributed by atoms with E-state index in [0.717, 1.165) is 16.9 Å². The molecule has 5 nitrogen and oxygen atoms in total. The number of rotatable bonds is 12. The fourth-order valence-electron chi connectivity index (χ4n) is 2.38. The van der Waals surface area contributed by atoms with Crippen LogP contribution in [0, 0.1) is 0 Å². The Morgan fingerprint density at radius 2 is 1.30 bits per heavy atom. The SMILES string of the molecule is C=Cc1ccc(OCCOCCOc2c(OC)cc(C=C)cc2OC)cc1. The molecule has 0 N–H and O–H groups in total. The smallest absolute Gasteiger partial charge is 0.203 e. The highest BCUT2D eigenvalue weighted by atomic mass is 16.6. The molecule has 0 saturated carbocycles. The molecule has 0 aliphatic rings. The molecule has 0 aliphatic heterocycles. The van der Waals surface area contributed by atoms with Crippen LogP contribution in [0.1, 0.15) is 11.1 Å². The van der Waals surface area contributed by atoms with E-state index in [0.29, 0.717) is 43.7 Å². The van der Waals surface area contributed by atoms with Crippen LogP contribution in [0.3, 0.4) is 0 Å². The summed E-state index contributed by atoms with van der Waals surface area (Å²) in [4.78, 5) is 0. The van der Waals surface area contributed by atoms with Crippen molar-refractivity contribution in [1.82, 2.24) is 0 Å². The van der Waals surface area contributed by atoms with Gasteiger partial charge in [0.05, 0.1) is 27.4 Å². The predicted molar refractivity (Wildman–Crippen MR) is 108 cm³/mol. The molecular formula is C22H26O5. The first-order valence-corrected chi connectivity index (χ1v) is 8.66. The molecule has 0 radical (unpaired) electrons. The van der Waals surface area contributed by atoms with Crippen molar-refractivity contribution >= 4 is 12.2 Å². The van der Waals surface area contributed by atoms with Crippen molar-refractivity contribution in [2.75, 3.05) is 40.6 Å². The Labute approximate surface area is 160 Å². The Kier molecular flexibility index (Phi) is 8.26. The van der Waals surface area contributed by atoms with E-state index in [-0.39, 0.29) is 0 Å². The van der Waals surface area contributed by atoms with Crippen molar-refractivity contribution in [3.63, 3.8) is 0 Å². The lowest BCUT2D eigenvalue weighted by molar-refractivity contribution is 0.0750. The molecule has 0 atom stereocenters. The fourth-order valence-corrected chi connectivity index (χ4v) is 2.38. The maximum atomic E-state index is 5.78. The Hall–Kier alpha value is -2.92. The molecule has 27 heavy (non-hydrogen) atoms. The van der Waals surface area contributed by atoms with Gasteiger partial charge in [0.25, 0.3) is 0 Å². The molecule has 0 amide bonds. The van der Waals surface area contributed by atoms with Gasteiger partial charge >= 0.3 is 0 Å². The van der Waals surface area contributed by atoms with E-state index in [1.807, 2.05) is 36.4 Å². The van der Waals surface area contributed by atoms with Crippen molar-refractivity contribution in [3.05, 3.63) is 60.7 Å². The topological polar surface area (TPSA) is 46.2 Å². The second kappa shape index (κ2) is 10.9. The van der Waals surface area contributed by atoms with Crippen LogP contribution in [0.4, 0.5) is 0 Å². The second-order valence-electron chi connectivity index (χ2n) is 5.54. The highest BCUT2D eigenvalue weighted by Crippen LogP contribution is 2.38. The minimum Gasteiger partial charge on any atom is -0.493 e. The first-order chi connectivity index (χ1) is 13.2. The van der Waals surface area contributed by atoms with Crippen LogP contribution in [0.25, 0.3) is 12.2 Å². The van der Waals surface area contributed by atoms with Crippen LogP contribution in [0.15, 0.2) is 49.6 Å². The standard InChI is InChI=1S/C22H26O5/c1-5-17-7-9-19(10-8-17)26-13-11-25-12-14-27-22-20(23-3)15-18(6-2)16-21(22)24-4/h5-10,15-16H,1-2,11-14H2,3-4H3. The Morgan fingerprint density at radius 3 is 1.81 bits per heavy atom. The maximum absolute atomic E-state index is 5.78. The van der Waals surface area contributed by atoms with Crippen LogP contribution < -0.4 is 18.9 Å². The van der Waals surface area contributed by atoms with E-state index >= 15 is 0 Å². The molecule has 0 saturated heterocycles. The van der Waals surface area contributed by atoms with Crippen molar-refractivity contribution in [1.29, 1.82) is 0 Å². The van der Waals surface area contributed by atoms with Crippen molar-refractivity contribution in [2.45, 2.75) is 0 Å². The van der Waals surface area contributed by atoms with E-state index in [9.17, 15) is 0 Å². The molecule has 0 aliphatic carbocycles. The van der Waals surface area contributed by atoms with Gasteiger partial charge in [-0.3, -0.25) is 0 Å². The molecule has 0 heterocycles. The summed E-state index contributed by atoms with van der Waals surface area (Å²) in [6.07, 6.45) is 3.52. The van der Waals surface area contributed by atoms with Gasteiger partial charge in [0.1, 0.15) is 19.0 Å². The lowest BCUT2D eigenvalue weighted by Gasteiger charge is -2.15. The number of ether oxygens (including phenoxy) is 5. The Morgan fingerprint density at radius 1 is 0.741 bits per heavy atom. The number of methoxy groups -OCH3 is 2. The summed E-state index contributed by atoms with van der Waals surface area (Å²) >= 11 is 0. The third-order valence-electron chi connectivity index (χ3n) is 3.80. The van der Waals surface area contributed by atoms with Crippen LogP contribution >= 0.6 is 0 Å². The third kappa shape index (κ3) is 6.08. The Balaban J connectivity index is 1.73. The highest BCUT2D eigenvalue weighted by Gasteiger charge is 2.13. The fraction of sp³-hybridized carbons (Fsp3) is 0.273. The monoisotopic (exact) mass is 370 g/mol. The molecule has 5 heteroatoms. The molecule has 0 fully saturated rings. The number of hydrogen-bond acceptors (Lipinski definition) is 5. The molecule has 2 aromatic carbocycles. The van der Waals surface area contributed by atoms with Crippen LogP contribution in [0.2, 0.25) is 0 Å². The van der Waals surface area contributed by atoms with Gasteiger partial charge in [-0.15, -0.1) is 0 Å². The van der Waals surface area contributed by atoms with Gasteiger partial charge in [-0.25, -0.2) is 0 Å². The zero-order valence-electron chi connectivity index (χ0n) is 15.9. The molecule has 144 valence electrons. The first kappa shape index (κ1) is 20.4. The lowest BCUT2D eigenvalue weighted by Crippen LogP contribution is -2.12. The zero-order valence-corrected chi connectivity index (χ0v) is 15.9. The molecule has 0 unspecified atom stereocenters. The third-order valence-corrected chi connectivity index (χ3v) is 3.80. The zero-order chi connectivity index (χ0) is 19.5. The molecular weight excluding hydrogens is 344 g/mol. The summed E-state index contributed by atoms with van der Waals surface area (Å²) in [7, 11) is 3.17. The van der Waals surface area contributed by atoms with E-state index in [1.165, 1.54) is 0 Å². The molecule has 0 aromatic heterocycles. The summed E-state index contributed by atoms with van der Waals surface area (Å²) < 4.78 is 27.7. The van der Waals surface area contributed by atoms with E-state index in [1.54, 1.807) is 26.4 Å². The van der Waals surface area contributed by atoms with Crippen molar-refractivity contribution in [3.8, 4) is 23.0 Å². The van der Waals surface area contributed by atoms with Crippen molar-refractivity contribution < 1.29 is 23.7 Å². The van der Waals surface area contributed by atoms with Gasteiger partial charge in [0.15, 0.2) is 11.5 Å². The largest absolute Gasteiger partial charge is 0.493 e. The molecule has 0 spiro atoms. The summed E-state index contributed by atoms with van der Waals surface area (Å²) in [6.45, 7) is 9.21. The summed E-state index contributed by atoms with van der Waals surface area (Å²) in [6, 6.07) is 11.4. The quantitative estimate of drug-likeness (QED) is 0.516. The molecule has 0 bridgehead atoms. The van der Waals surface area contributed by atoms with E-state index in [2.05, 4.69) is 13.2 Å². The predicted octanol–water partition coefficient (Wildman–Crippen LogP) is 4.46. The number of benzene rings is 2. The van der Waals surface area contributed by atoms with Gasteiger partial charge in [-0.1, -0.05) is 37.4 Å². The molecule has 2 aromatic rings. The number of hydrogen-bond donors (Lipinski definition) is 0. The average molecular weight is 370 g/mol. The van der Waals surface area contributed by atoms with Gasteiger partial charge in [0, 0.05) is 0 Å². The van der Waals surface area contributed by atoms with Crippen LogP contribution in [0.5, 0.6) is 23.0 Å². The van der Waals surface area contributed by atoms with Crippen molar-refractivity contribution in [2.24, 2.45) is 0 Å². The van der Waals surface area contributed by atoms with E-state index in [4.69, 9.17) is 23.7 Å². The summed E-state index contributed by atoms with van der Waals surface area (Å²) in [5.74, 6) is 2.54. The maximum Gasteiger partial charge on any atom is 0.203 e. The minimum atomic E-state index is 0.369. The van der Waals surface area contributed by atoms with Gasteiger partial charge in [0.2, 0.25) is 5.75 Å². The average Bonchev–Trinajstić information content (AvgIpc) is 2.73. The van der Waals surface area contributed by atoms with Gasteiger partial charge in [-0.05, 0) is 35.4 Å². The summed E-state index contributed by atoms with van der Waals surface area (Å²) in [5.41, 5.74) is 1.95. The minimum absolute atomic E-state index is 0.369.